The van der Waals surface area contributed by atoms with Crippen LogP contribution in [0.25, 0.3) is 0 Å². The third-order valence-electron chi connectivity index (χ3n) is 4.19. The van der Waals surface area contributed by atoms with E-state index in [1.807, 2.05) is 13.0 Å². The van der Waals surface area contributed by atoms with E-state index >= 15 is 0 Å². The molecular formula is C22H37NO6S2. The molecule has 31 heavy (non-hydrogen) atoms. The molecule has 0 aliphatic carbocycles. The highest BCUT2D eigenvalue weighted by Gasteiger charge is 2.26. The van der Waals surface area contributed by atoms with Gasteiger partial charge in [-0.1, -0.05) is 34.9 Å². The van der Waals surface area contributed by atoms with Crippen LogP contribution < -0.4 is 4.72 Å². The van der Waals surface area contributed by atoms with Crippen molar-refractivity contribution in [3.05, 3.63) is 34.9 Å². The van der Waals surface area contributed by atoms with E-state index in [2.05, 4.69) is 42.4 Å². The molecule has 178 valence electrons. The maximum atomic E-state index is 11.9. The lowest BCUT2D eigenvalue weighted by Gasteiger charge is -2.14. The predicted molar refractivity (Wildman–Crippen MR) is 128 cm³/mol. The highest BCUT2D eigenvalue weighted by atomic mass is 32.2. The van der Waals surface area contributed by atoms with Crippen LogP contribution in [0.3, 0.4) is 0 Å². The summed E-state index contributed by atoms with van der Waals surface area (Å²) in [7, 11) is -4.08. The quantitative estimate of drug-likeness (QED) is 0.197. The topological polar surface area (TPSA) is 110 Å². The van der Waals surface area contributed by atoms with Crippen molar-refractivity contribution in [2.45, 2.75) is 66.3 Å². The number of allylic oxidation sites excluding steroid dienone is 5. The van der Waals surface area contributed by atoms with Crippen LogP contribution in [-0.2, 0) is 24.3 Å². The molecule has 0 aliphatic heterocycles. The summed E-state index contributed by atoms with van der Waals surface area (Å²) in [6.07, 6.45) is 10.5. The molecule has 1 atom stereocenters. The van der Waals surface area contributed by atoms with Crippen molar-refractivity contribution in [3.8, 4) is 0 Å². The molecule has 2 N–H and O–H groups in total. The number of carboxylic acids is 1. The van der Waals surface area contributed by atoms with Gasteiger partial charge < -0.3 is 9.84 Å². The van der Waals surface area contributed by atoms with Crippen molar-refractivity contribution in [2.24, 2.45) is 0 Å². The number of hydrogen-bond donors (Lipinski definition) is 2. The van der Waals surface area contributed by atoms with Crippen molar-refractivity contribution in [1.29, 1.82) is 0 Å². The Morgan fingerprint density at radius 3 is 2.16 bits per heavy atom. The first-order valence-corrected chi connectivity index (χ1v) is 13.2. The first-order chi connectivity index (χ1) is 14.5. The number of esters is 1. The minimum Gasteiger partial charge on any atom is -0.480 e. The molecule has 0 saturated heterocycles. The lowest BCUT2D eigenvalue weighted by molar-refractivity contribution is -0.140. The van der Waals surface area contributed by atoms with Crippen molar-refractivity contribution >= 4 is 33.7 Å². The number of nitrogens with one attached hydrogen (secondary N) is 1. The normalized spacial score (nSPS) is 13.6. The number of carboxylic acid groups (broad SMARTS) is 1. The van der Waals surface area contributed by atoms with Crippen LogP contribution in [0.15, 0.2) is 34.9 Å². The summed E-state index contributed by atoms with van der Waals surface area (Å²) >= 11 is 1.32. The molecule has 0 bridgehead atoms. The molecule has 0 saturated carbocycles. The van der Waals surface area contributed by atoms with Gasteiger partial charge in [-0.15, -0.1) is 0 Å². The molecule has 0 heterocycles. The fourth-order valence-electron chi connectivity index (χ4n) is 2.50. The van der Waals surface area contributed by atoms with E-state index in [0.717, 1.165) is 25.7 Å². The van der Waals surface area contributed by atoms with E-state index in [1.165, 1.54) is 28.5 Å². The number of thioether (sulfide) groups is 1. The van der Waals surface area contributed by atoms with Crippen molar-refractivity contribution < 1.29 is 27.9 Å². The summed E-state index contributed by atoms with van der Waals surface area (Å²) in [6, 6.07) is -1.30. The summed E-state index contributed by atoms with van der Waals surface area (Å²) in [5.74, 6) is -2.44. The predicted octanol–water partition coefficient (Wildman–Crippen LogP) is 4.07. The van der Waals surface area contributed by atoms with Gasteiger partial charge in [-0.05, 0) is 60.3 Å². The van der Waals surface area contributed by atoms with E-state index in [9.17, 15) is 23.1 Å². The number of carbonyl (C=O) groups is 2. The van der Waals surface area contributed by atoms with Crippen LogP contribution in [0.5, 0.6) is 0 Å². The minimum absolute atomic E-state index is 0.0590. The van der Waals surface area contributed by atoms with E-state index in [1.54, 1.807) is 6.92 Å². The average molecular weight is 476 g/mol. The second-order valence-electron chi connectivity index (χ2n) is 7.57. The third-order valence-corrected chi connectivity index (χ3v) is 6.42. The molecule has 7 nitrogen and oxygen atoms in total. The maximum absolute atomic E-state index is 11.9. The number of carbonyl (C=O) groups excluding carboxylic acids is 1. The van der Waals surface area contributed by atoms with E-state index in [-0.39, 0.29) is 12.4 Å². The Morgan fingerprint density at radius 1 is 1.03 bits per heavy atom. The zero-order chi connectivity index (χ0) is 23.9. The molecule has 0 radical (unpaired) electrons. The Kier molecular flexibility index (Phi) is 15.3. The van der Waals surface area contributed by atoms with Gasteiger partial charge >= 0.3 is 11.9 Å². The smallest absolute Gasteiger partial charge is 0.322 e. The Hall–Kier alpha value is -1.58. The largest absolute Gasteiger partial charge is 0.480 e. The van der Waals surface area contributed by atoms with Gasteiger partial charge in [0.05, 0.1) is 6.61 Å². The molecule has 0 rings (SSSR count). The number of ether oxygens (including phenoxy) is 1. The summed E-state index contributed by atoms with van der Waals surface area (Å²) in [5.41, 5.74) is 3.91. The Balaban J connectivity index is 4.42. The fourth-order valence-corrected chi connectivity index (χ4v) is 4.70. The zero-order valence-electron chi connectivity index (χ0n) is 19.3. The van der Waals surface area contributed by atoms with Gasteiger partial charge in [0.15, 0.2) is 5.75 Å². The first-order valence-electron chi connectivity index (χ1n) is 10.4. The molecule has 0 aromatic heterocycles. The van der Waals surface area contributed by atoms with Crippen LogP contribution in [0.4, 0.5) is 0 Å². The second kappa shape index (κ2) is 16.1. The maximum Gasteiger partial charge on any atom is 0.322 e. The van der Waals surface area contributed by atoms with Crippen molar-refractivity contribution in [1.82, 2.24) is 4.72 Å². The van der Waals surface area contributed by atoms with Gasteiger partial charge in [-0.25, -0.2) is 8.42 Å². The summed E-state index contributed by atoms with van der Waals surface area (Å²) in [6.45, 7) is 9.99. The Labute approximate surface area is 191 Å². The van der Waals surface area contributed by atoms with Crippen LogP contribution in [0, 0.1) is 0 Å². The van der Waals surface area contributed by atoms with E-state index in [0.29, 0.717) is 5.75 Å². The zero-order valence-corrected chi connectivity index (χ0v) is 20.9. The molecule has 0 fully saturated rings. The summed E-state index contributed by atoms with van der Waals surface area (Å²) < 4.78 is 30.5. The molecule has 0 amide bonds. The van der Waals surface area contributed by atoms with Crippen molar-refractivity contribution in [2.75, 3.05) is 23.9 Å². The van der Waals surface area contributed by atoms with Crippen LogP contribution in [-0.4, -0.2) is 55.4 Å². The molecule has 0 spiro atoms. The van der Waals surface area contributed by atoms with Crippen LogP contribution in [0.1, 0.15) is 60.3 Å². The molecule has 9 heteroatoms. The number of aliphatic carboxylic acids is 1. The van der Waals surface area contributed by atoms with Crippen LogP contribution >= 0.6 is 11.8 Å². The molecule has 0 aromatic rings. The highest BCUT2D eigenvalue weighted by Crippen LogP contribution is 2.13. The summed E-state index contributed by atoms with van der Waals surface area (Å²) in [5, 5.41) is 9.26. The Morgan fingerprint density at radius 2 is 1.61 bits per heavy atom. The van der Waals surface area contributed by atoms with Gasteiger partial charge in [0.25, 0.3) is 0 Å². The van der Waals surface area contributed by atoms with Gasteiger partial charge in [0, 0.05) is 11.5 Å². The highest BCUT2D eigenvalue weighted by molar-refractivity contribution is 7.99. The lowest BCUT2D eigenvalue weighted by atomic mass is 10.1. The van der Waals surface area contributed by atoms with Gasteiger partial charge in [-0.2, -0.15) is 16.5 Å². The van der Waals surface area contributed by atoms with E-state index < -0.39 is 33.8 Å². The van der Waals surface area contributed by atoms with Crippen LogP contribution in [0.2, 0.25) is 0 Å². The summed E-state index contributed by atoms with van der Waals surface area (Å²) in [4.78, 5) is 22.7. The number of hydrogen-bond acceptors (Lipinski definition) is 6. The van der Waals surface area contributed by atoms with Gasteiger partial charge in [0.1, 0.15) is 6.04 Å². The Bertz CT molecular complexity index is 765. The SMILES string of the molecule is CCOC(=O)CS(=O)(=O)N[C@@H](CSC/C=C(\C)CC/C=C(\C)CCC=C(C)C)C(=O)O. The molecule has 0 aliphatic rings. The molecular weight excluding hydrogens is 438 g/mol. The van der Waals surface area contributed by atoms with Gasteiger partial charge in [0.2, 0.25) is 10.0 Å². The average Bonchev–Trinajstić information content (AvgIpc) is 2.63. The second-order valence-corrected chi connectivity index (χ2v) is 10.4. The lowest BCUT2D eigenvalue weighted by Crippen LogP contribution is -2.44. The number of rotatable bonds is 16. The van der Waals surface area contributed by atoms with E-state index in [4.69, 9.17) is 0 Å². The monoisotopic (exact) mass is 475 g/mol. The first kappa shape index (κ1) is 29.4. The van der Waals surface area contributed by atoms with Gasteiger partial charge in [-0.3, -0.25) is 9.59 Å². The number of sulfonamides is 1. The minimum atomic E-state index is -4.08. The molecule has 0 unspecified atom stereocenters. The third kappa shape index (κ3) is 16.7. The fraction of sp³-hybridized carbons (Fsp3) is 0.636. The molecule has 0 aromatic carbocycles. The standard InChI is InChI=1S/C22H37NO6S2/c1-6-29-21(24)16-31(27,28)23-20(22(25)26)15-30-14-13-19(5)12-8-11-18(4)10-7-9-17(2)3/h9,11,13,20,23H,6-8,10,12,14-16H2,1-5H3,(H,25,26)/b18-11+,19-13+/t20-/m0/s1. The van der Waals surface area contributed by atoms with Crippen molar-refractivity contribution in [3.63, 3.8) is 0 Å².